The van der Waals surface area contributed by atoms with Gasteiger partial charge < -0.3 is 9.32 Å². The number of furan rings is 1. The number of hydrogen-bond acceptors (Lipinski definition) is 5. The lowest BCUT2D eigenvalue weighted by molar-refractivity contribution is 0.669. The minimum absolute atomic E-state index is 0.546. The molecule has 0 amide bonds. The topological polar surface area (TPSA) is 55.1 Å². The van der Waals surface area contributed by atoms with E-state index in [2.05, 4.69) is 169 Å². The van der Waals surface area contributed by atoms with Crippen molar-refractivity contribution in [2.75, 3.05) is 4.90 Å². The predicted octanol–water partition coefficient (Wildman–Crippen LogP) is 14.7. The summed E-state index contributed by atoms with van der Waals surface area (Å²) in [4.78, 5) is 17.9. The highest BCUT2D eigenvalue weighted by molar-refractivity contribution is 6.15. The van der Waals surface area contributed by atoms with Gasteiger partial charge in [-0.3, -0.25) is 0 Å². The molecule has 2 aromatic heterocycles. The lowest BCUT2D eigenvalue weighted by Crippen LogP contribution is -2.11. The molecular weight excluding hydrogens is 733 g/mol. The Morgan fingerprint density at radius 2 is 0.833 bits per heavy atom. The van der Waals surface area contributed by atoms with Crippen LogP contribution < -0.4 is 4.90 Å². The standard InChI is InChI=1S/C55H36N4O/c1-4-16-37(17-5-1)39-30-32-45(33-31-39)59(48-28-15-23-40-20-10-11-26-46(40)48)49-35-44(36-51-52(49)47-27-12-13-29-50(47)60-51)55-57-53(41-21-8-3-9-22-41)56-54(58-55)43-25-14-24-42(34-43)38-18-6-2-7-19-38/h1-36H. The van der Waals surface area contributed by atoms with Crippen LogP contribution in [0.25, 0.3) is 89.1 Å². The van der Waals surface area contributed by atoms with Crippen LogP contribution >= 0.6 is 0 Å². The summed E-state index contributed by atoms with van der Waals surface area (Å²) in [7, 11) is 0. The monoisotopic (exact) mass is 768 g/mol. The molecule has 0 aliphatic carbocycles. The Morgan fingerprint density at radius 1 is 0.317 bits per heavy atom. The van der Waals surface area contributed by atoms with E-state index in [0.29, 0.717) is 17.5 Å². The van der Waals surface area contributed by atoms with Crippen LogP contribution in [0.3, 0.4) is 0 Å². The lowest BCUT2D eigenvalue weighted by Gasteiger charge is -2.28. The highest BCUT2D eigenvalue weighted by Crippen LogP contribution is 2.47. The average Bonchev–Trinajstić information content (AvgIpc) is 3.71. The van der Waals surface area contributed by atoms with Gasteiger partial charge in [0.1, 0.15) is 11.2 Å². The lowest BCUT2D eigenvalue weighted by atomic mass is 10.0. The largest absolute Gasteiger partial charge is 0.456 e. The number of para-hydroxylation sites is 1. The molecule has 0 N–H and O–H groups in total. The molecule has 282 valence electrons. The third-order valence-electron chi connectivity index (χ3n) is 11.1. The number of aromatic nitrogens is 3. The Hall–Kier alpha value is -8.15. The number of hydrogen-bond donors (Lipinski definition) is 0. The van der Waals surface area contributed by atoms with E-state index >= 15 is 0 Å². The smallest absolute Gasteiger partial charge is 0.164 e. The van der Waals surface area contributed by atoms with Crippen LogP contribution in [0.2, 0.25) is 0 Å². The Bertz CT molecular complexity index is 3300. The zero-order valence-corrected chi connectivity index (χ0v) is 32.5. The van der Waals surface area contributed by atoms with E-state index in [4.69, 9.17) is 19.4 Å². The molecule has 0 aliphatic rings. The number of nitrogens with zero attached hydrogens (tertiary/aromatic N) is 4. The molecule has 2 heterocycles. The highest BCUT2D eigenvalue weighted by atomic mass is 16.3. The van der Waals surface area contributed by atoms with Crippen LogP contribution in [0, 0.1) is 0 Å². The van der Waals surface area contributed by atoms with Crippen molar-refractivity contribution < 1.29 is 4.42 Å². The fourth-order valence-corrected chi connectivity index (χ4v) is 8.20. The van der Waals surface area contributed by atoms with E-state index < -0.39 is 0 Å². The van der Waals surface area contributed by atoms with Crippen molar-refractivity contribution in [3.63, 3.8) is 0 Å². The van der Waals surface area contributed by atoms with Crippen LogP contribution in [0.4, 0.5) is 17.1 Å². The van der Waals surface area contributed by atoms with Gasteiger partial charge in [0.05, 0.1) is 16.8 Å². The van der Waals surface area contributed by atoms with Crippen LogP contribution in [0.5, 0.6) is 0 Å². The maximum Gasteiger partial charge on any atom is 0.164 e. The summed E-state index contributed by atoms with van der Waals surface area (Å²) >= 11 is 0. The summed E-state index contributed by atoms with van der Waals surface area (Å²) in [6.07, 6.45) is 0. The molecule has 0 saturated heterocycles. The van der Waals surface area contributed by atoms with Crippen molar-refractivity contribution in [3.05, 3.63) is 218 Å². The second kappa shape index (κ2) is 15.0. The molecule has 0 unspecified atom stereocenters. The first kappa shape index (κ1) is 35.0. The molecule has 0 aliphatic heterocycles. The van der Waals surface area contributed by atoms with Crippen molar-refractivity contribution in [1.82, 2.24) is 15.0 Å². The SMILES string of the molecule is c1ccc(-c2ccc(N(c3cccc4ccccc34)c3cc(-c4nc(-c5ccccc5)nc(-c5cccc(-c6ccccc6)c5)n4)cc4oc5ccccc5c34)cc2)cc1. The maximum atomic E-state index is 6.74. The van der Waals surface area contributed by atoms with E-state index in [9.17, 15) is 0 Å². The molecule has 60 heavy (non-hydrogen) atoms. The minimum Gasteiger partial charge on any atom is -0.456 e. The van der Waals surface area contributed by atoms with Gasteiger partial charge in [-0.25, -0.2) is 15.0 Å². The molecule has 0 saturated carbocycles. The maximum absolute atomic E-state index is 6.74. The predicted molar refractivity (Wildman–Crippen MR) is 246 cm³/mol. The van der Waals surface area contributed by atoms with Crippen LogP contribution in [0.1, 0.15) is 0 Å². The summed E-state index contributed by atoms with van der Waals surface area (Å²) in [5, 5.41) is 4.31. The summed E-state index contributed by atoms with van der Waals surface area (Å²) in [5.74, 6) is 1.73. The first-order valence-electron chi connectivity index (χ1n) is 20.1. The van der Waals surface area contributed by atoms with Gasteiger partial charge in [-0.15, -0.1) is 0 Å². The van der Waals surface area contributed by atoms with Gasteiger partial charge in [-0.2, -0.15) is 0 Å². The second-order valence-electron chi connectivity index (χ2n) is 14.8. The number of rotatable bonds is 8. The van der Waals surface area contributed by atoms with Gasteiger partial charge in [0.2, 0.25) is 0 Å². The molecule has 9 aromatic carbocycles. The Kier molecular flexibility index (Phi) is 8.75. The van der Waals surface area contributed by atoms with Crippen LogP contribution in [-0.2, 0) is 0 Å². The summed E-state index contributed by atoms with van der Waals surface area (Å²) < 4.78 is 6.74. The first-order valence-corrected chi connectivity index (χ1v) is 20.1. The fraction of sp³-hybridized carbons (Fsp3) is 0. The molecule has 0 spiro atoms. The van der Waals surface area contributed by atoms with Crippen LogP contribution in [-0.4, -0.2) is 15.0 Å². The Morgan fingerprint density at radius 3 is 1.57 bits per heavy atom. The Balaban J connectivity index is 1.17. The van der Waals surface area contributed by atoms with Crippen molar-refractivity contribution in [1.29, 1.82) is 0 Å². The zero-order valence-electron chi connectivity index (χ0n) is 32.5. The zero-order chi connectivity index (χ0) is 39.8. The van der Waals surface area contributed by atoms with Gasteiger partial charge in [0.15, 0.2) is 17.5 Å². The fourth-order valence-electron chi connectivity index (χ4n) is 8.20. The number of fused-ring (bicyclic) bond motifs is 4. The highest BCUT2D eigenvalue weighted by Gasteiger charge is 2.24. The molecule has 5 nitrogen and oxygen atoms in total. The van der Waals surface area contributed by atoms with E-state index in [-0.39, 0.29) is 0 Å². The molecular formula is C55H36N4O. The summed E-state index contributed by atoms with van der Waals surface area (Å²) in [5.41, 5.74) is 11.7. The Labute approximate surface area is 347 Å². The van der Waals surface area contributed by atoms with E-state index in [1.54, 1.807) is 0 Å². The third-order valence-corrected chi connectivity index (χ3v) is 11.1. The van der Waals surface area contributed by atoms with Crippen molar-refractivity contribution in [3.8, 4) is 56.4 Å². The van der Waals surface area contributed by atoms with Gasteiger partial charge in [-0.05, 0) is 70.1 Å². The average molecular weight is 769 g/mol. The van der Waals surface area contributed by atoms with Gasteiger partial charge in [-0.1, -0.05) is 176 Å². The molecule has 11 rings (SSSR count). The summed E-state index contributed by atoms with van der Waals surface area (Å²) in [6.45, 7) is 0. The van der Waals surface area contributed by atoms with Gasteiger partial charge in [0.25, 0.3) is 0 Å². The molecule has 5 heteroatoms. The number of anilines is 3. The quantitative estimate of drug-likeness (QED) is 0.154. The molecule has 0 radical (unpaired) electrons. The van der Waals surface area contributed by atoms with Crippen molar-refractivity contribution >= 4 is 49.8 Å². The number of benzene rings is 9. The van der Waals surface area contributed by atoms with Crippen molar-refractivity contribution in [2.45, 2.75) is 0 Å². The minimum atomic E-state index is 0.546. The van der Waals surface area contributed by atoms with Gasteiger partial charge in [0, 0.05) is 33.2 Å². The second-order valence-corrected chi connectivity index (χ2v) is 14.8. The molecule has 11 aromatic rings. The third kappa shape index (κ3) is 6.45. The van der Waals surface area contributed by atoms with E-state index in [1.807, 2.05) is 54.6 Å². The molecule has 0 bridgehead atoms. The van der Waals surface area contributed by atoms with Crippen LogP contribution in [0.15, 0.2) is 223 Å². The van der Waals surface area contributed by atoms with Crippen molar-refractivity contribution in [2.24, 2.45) is 0 Å². The van der Waals surface area contributed by atoms with Gasteiger partial charge >= 0.3 is 0 Å². The summed E-state index contributed by atoms with van der Waals surface area (Å²) in [6, 6.07) is 75.8. The van der Waals surface area contributed by atoms with E-state index in [1.165, 1.54) is 5.56 Å². The normalized spacial score (nSPS) is 11.3. The van der Waals surface area contributed by atoms with E-state index in [0.717, 1.165) is 83.2 Å². The molecule has 0 fully saturated rings. The molecule has 0 atom stereocenters. The first-order chi connectivity index (χ1) is 29.7.